The van der Waals surface area contributed by atoms with E-state index in [9.17, 15) is 5.11 Å². The Morgan fingerprint density at radius 3 is 2.27 bits per heavy atom. The van der Waals surface area contributed by atoms with Crippen molar-refractivity contribution in [2.45, 2.75) is 13.0 Å². The number of aliphatic hydroxyl groups is 1. The maximum absolute atomic E-state index is 9.75. The van der Waals surface area contributed by atoms with E-state index in [2.05, 4.69) is 15.9 Å². The molecule has 0 fully saturated rings. The molecule has 1 N–H and O–H groups in total. The zero-order valence-electron chi connectivity index (χ0n) is 9.08. The number of rotatable bonds is 4. The Hall–Kier alpha value is -0.740. The minimum absolute atomic E-state index is 0.503. The van der Waals surface area contributed by atoms with Crippen molar-refractivity contribution >= 4 is 15.9 Å². The molecule has 0 saturated carbocycles. The Labute approximate surface area is 98.1 Å². The lowest BCUT2D eigenvalue weighted by molar-refractivity contribution is 0.204. The van der Waals surface area contributed by atoms with Crippen LogP contribution in [0.2, 0.25) is 0 Å². The quantitative estimate of drug-likeness (QED) is 0.858. The van der Waals surface area contributed by atoms with Gasteiger partial charge in [-0.05, 0) is 30.2 Å². The summed E-state index contributed by atoms with van der Waals surface area (Å²) in [4.78, 5) is 0. The van der Waals surface area contributed by atoms with E-state index in [-0.39, 0.29) is 0 Å². The minimum Gasteiger partial charge on any atom is -0.493 e. The molecule has 4 heteroatoms. The molecule has 0 heterocycles. The number of hydrogen-bond acceptors (Lipinski definition) is 3. The summed E-state index contributed by atoms with van der Waals surface area (Å²) in [5, 5.41) is 10.3. The molecule has 1 atom stereocenters. The second-order valence-corrected chi connectivity index (χ2v) is 3.88. The molecule has 0 aliphatic rings. The topological polar surface area (TPSA) is 38.7 Å². The predicted molar refractivity (Wildman–Crippen MR) is 63.0 cm³/mol. The van der Waals surface area contributed by atoms with Crippen molar-refractivity contribution in [3.05, 3.63) is 23.3 Å². The Balaban J connectivity index is 3.19. The molecule has 84 valence electrons. The number of aliphatic hydroxyl groups excluding tert-OH is 1. The highest BCUT2D eigenvalue weighted by Crippen LogP contribution is 2.33. The molecule has 1 aromatic carbocycles. The van der Waals surface area contributed by atoms with E-state index in [1.54, 1.807) is 20.3 Å². The zero-order chi connectivity index (χ0) is 11.4. The number of halogens is 1. The van der Waals surface area contributed by atoms with Crippen molar-refractivity contribution in [2.75, 3.05) is 19.5 Å². The van der Waals surface area contributed by atoms with E-state index < -0.39 is 6.10 Å². The molecule has 15 heavy (non-hydrogen) atoms. The fourth-order valence-corrected chi connectivity index (χ4v) is 1.79. The van der Waals surface area contributed by atoms with E-state index in [4.69, 9.17) is 9.47 Å². The highest BCUT2D eigenvalue weighted by atomic mass is 79.9. The van der Waals surface area contributed by atoms with Gasteiger partial charge in [-0.1, -0.05) is 15.9 Å². The van der Waals surface area contributed by atoms with Gasteiger partial charge in [0, 0.05) is 5.33 Å². The third-order valence-corrected chi connectivity index (χ3v) is 2.89. The van der Waals surface area contributed by atoms with Crippen LogP contribution in [0.3, 0.4) is 0 Å². The van der Waals surface area contributed by atoms with Gasteiger partial charge in [0.25, 0.3) is 0 Å². The number of hydrogen-bond donors (Lipinski definition) is 1. The van der Waals surface area contributed by atoms with Crippen molar-refractivity contribution in [2.24, 2.45) is 0 Å². The van der Waals surface area contributed by atoms with Crippen LogP contribution in [0.5, 0.6) is 11.5 Å². The molecule has 1 aromatic rings. The number of methoxy groups -OCH3 is 2. The molecule has 0 aliphatic carbocycles. The number of ether oxygens (including phenoxy) is 2. The monoisotopic (exact) mass is 274 g/mol. The van der Waals surface area contributed by atoms with Crippen LogP contribution in [0.1, 0.15) is 17.2 Å². The van der Waals surface area contributed by atoms with E-state index in [1.165, 1.54) is 0 Å². The molecule has 0 aromatic heterocycles. The molecule has 0 bridgehead atoms. The van der Waals surface area contributed by atoms with Crippen molar-refractivity contribution in [3.8, 4) is 11.5 Å². The molecule has 0 saturated heterocycles. The molecular weight excluding hydrogens is 260 g/mol. The van der Waals surface area contributed by atoms with Crippen molar-refractivity contribution in [1.82, 2.24) is 0 Å². The highest BCUT2D eigenvalue weighted by Gasteiger charge is 2.13. The van der Waals surface area contributed by atoms with E-state index >= 15 is 0 Å². The third-order valence-electron chi connectivity index (χ3n) is 2.28. The van der Waals surface area contributed by atoms with Gasteiger partial charge in [-0.15, -0.1) is 0 Å². The average molecular weight is 275 g/mol. The molecule has 0 spiro atoms. The van der Waals surface area contributed by atoms with Gasteiger partial charge < -0.3 is 14.6 Å². The normalized spacial score (nSPS) is 12.3. The molecule has 0 aliphatic heterocycles. The Morgan fingerprint density at radius 2 is 1.80 bits per heavy atom. The van der Waals surface area contributed by atoms with E-state index in [0.29, 0.717) is 16.8 Å². The first kappa shape index (κ1) is 12.3. The van der Waals surface area contributed by atoms with Crippen LogP contribution in [0.15, 0.2) is 12.1 Å². The number of alkyl halides is 1. The van der Waals surface area contributed by atoms with Crippen LogP contribution in [-0.2, 0) is 0 Å². The first-order chi connectivity index (χ1) is 7.13. The van der Waals surface area contributed by atoms with Crippen molar-refractivity contribution in [3.63, 3.8) is 0 Å². The maximum atomic E-state index is 9.75. The Bertz CT molecular complexity index is 339. The Morgan fingerprint density at radius 1 is 1.27 bits per heavy atom. The van der Waals surface area contributed by atoms with Crippen LogP contribution in [0, 0.1) is 6.92 Å². The largest absolute Gasteiger partial charge is 0.493 e. The molecule has 0 radical (unpaired) electrons. The van der Waals surface area contributed by atoms with Crippen LogP contribution >= 0.6 is 15.9 Å². The summed E-state index contributed by atoms with van der Waals surface area (Å²) in [5.74, 6) is 1.32. The van der Waals surface area contributed by atoms with Crippen LogP contribution in [0.4, 0.5) is 0 Å². The van der Waals surface area contributed by atoms with Crippen LogP contribution in [-0.4, -0.2) is 24.7 Å². The van der Waals surface area contributed by atoms with E-state index in [1.807, 2.05) is 13.0 Å². The van der Waals surface area contributed by atoms with Crippen molar-refractivity contribution in [1.29, 1.82) is 0 Å². The first-order valence-electron chi connectivity index (χ1n) is 4.60. The molecule has 3 nitrogen and oxygen atoms in total. The van der Waals surface area contributed by atoms with Gasteiger partial charge in [-0.2, -0.15) is 0 Å². The van der Waals surface area contributed by atoms with Crippen LogP contribution < -0.4 is 9.47 Å². The fraction of sp³-hybridized carbons (Fsp3) is 0.455. The zero-order valence-corrected chi connectivity index (χ0v) is 10.7. The second kappa shape index (κ2) is 5.37. The first-order valence-corrected chi connectivity index (χ1v) is 5.72. The summed E-state index contributed by atoms with van der Waals surface area (Å²) in [5.41, 5.74) is 1.84. The Kier molecular flexibility index (Phi) is 4.42. The summed E-state index contributed by atoms with van der Waals surface area (Å²) < 4.78 is 10.3. The van der Waals surface area contributed by atoms with Gasteiger partial charge in [0.1, 0.15) is 0 Å². The van der Waals surface area contributed by atoms with Gasteiger partial charge in [0.05, 0.1) is 20.3 Å². The summed E-state index contributed by atoms with van der Waals surface area (Å²) in [6, 6.07) is 3.67. The average Bonchev–Trinajstić information content (AvgIpc) is 2.27. The standard InChI is InChI=1S/C11H15BrO3/c1-7-4-10(14-2)11(15-3)5-8(7)9(13)6-12/h4-5,9,13H,6H2,1-3H3. The summed E-state index contributed by atoms with van der Waals surface area (Å²) in [6.45, 7) is 1.93. The third kappa shape index (κ3) is 2.63. The lowest BCUT2D eigenvalue weighted by Crippen LogP contribution is -2.02. The lowest BCUT2D eigenvalue weighted by Gasteiger charge is -2.15. The van der Waals surface area contributed by atoms with Gasteiger partial charge in [-0.3, -0.25) is 0 Å². The summed E-state index contributed by atoms with van der Waals surface area (Å²) in [7, 11) is 3.18. The summed E-state index contributed by atoms with van der Waals surface area (Å²) in [6.07, 6.45) is -0.523. The second-order valence-electron chi connectivity index (χ2n) is 3.23. The number of aryl methyl sites for hydroxylation is 1. The lowest BCUT2D eigenvalue weighted by atomic mass is 10.0. The molecule has 0 amide bonds. The van der Waals surface area contributed by atoms with Gasteiger partial charge >= 0.3 is 0 Å². The molecule has 1 unspecified atom stereocenters. The minimum atomic E-state index is -0.523. The van der Waals surface area contributed by atoms with Crippen LogP contribution in [0.25, 0.3) is 0 Å². The van der Waals surface area contributed by atoms with Gasteiger partial charge in [0.2, 0.25) is 0 Å². The maximum Gasteiger partial charge on any atom is 0.161 e. The smallest absolute Gasteiger partial charge is 0.161 e. The fourth-order valence-electron chi connectivity index (χ4n) is 1.44. The summed E-state index contributed by atoms with van der Waals surface area (Å²) >= 11 is 3.25. The predicted octanol–water partition coefficient (Wildman–Crippen LogP) is 2.44. The number of benzene rings is 1. The van der Waals surface area contributed by atoms with E-state index in [0.717, 1.165) is 11.1 Å². The SMILES string of the molecule is COc1cc(C)c(C(O)CBr)cc1OC. The van der Waals surface area contributed by atoms with Gasteiger partial charge in [0.15, 0.2) is 11.5 Å². The highest BCUT2D eigenvalue weighted by molar-refractivity contribution is 9.09. The van der Waals surface area contributed by atoms with Crippen molar-refractivity contribution < 1.29 is 14.6 Å². The molecular formula is C11H15BrO3. The van der Waals surface area contributed by atoms with Gasteiger partial charge in [-0.25, -0.2) is 0 Å². The molecule has 1 rings (SSSR count).